The highest BCUT2D eigenvalue weighted by molar-refractivity contribution is 5.69. The van der Waals surface area contributed by atoms with Gasteiger partial charge in [-0.15, -0.1) is 0 Å². The molecular weight excluding hydrogens is 568 g/mol. The quantitative estimate of drug-likeness (QED) is 0.0432. The molecule has 0 aliphatic rings. The first-order valence-corrected chi connectivity index (χ1v) is 19.3. The molecule has 0 rings (SSSR count). The number of carboxylic acid groups (broad SMARTS) is 1. The molecule has 0 fully saturated rings. The van der Waals surface area contributed by atoms with Crippen molar-refractivity contribution in [2.24, 2.45) is 0 Å². The molecule has 4 nitrogen and oxygen atoms in total. The second-order valence-electron chi connectivity index (χ2n) is 12.7. The maximum atomic E-state index is 12.3. The summed E-state index contributed by atoms with van der Waals surface area (Å²) in [6, 6.07) is 0. The van der Waals surface area contributed by atoms with Crippen LogP contribution < -0.4 is 0 Å². The number of hydrogen-bond acceptors (Lipinski definition) is 3. The van der Waals surface area contributed by atoms with Crippen LogP contribution in [0, 0.1) is 0 Å². The van der Waals surface area contributed by atoms with Crippen LogP contribution in [0.5, 0.6) is 0 Å². The van der Waals surface area contributed by atoms with E-state index >= 15 is 0 Å². The van der Waals surface area contributed by atoms with Crippen LogP contribution in [0.4, 0.5) is 0 Å². The smallest absolute Gasteiger partial charge is 0.306 e. The van der Waals surface area contributed by atoms with E-state index in [1.54, 1.807) is 0 Å². The van der Waals surface area contributed by atoms with Gasteiger partial charge in [0.15, 0.2) is 0 Å². The average Bonchev–Trinajstić information content (AvgIpc) is 3.04. The number of ether oxygens (including phenoxy) is 1. The molecule has 0 bridgehead atoms. The van der Waals surface area contributed by atoms with Crippen molar-refractivity contribution in [2.75, 3.05) is 0 Å². The van der Waals surface area contributed by atoms with Crippen molar-refractivity contribution in [3.8, 4) is 0 Å². The van der Waals surface area contributed by atoms with Gasteiger partial charge >= 0.3 is 11.9 Å². The first kappa shape index (κ1) is 43.6. The lowest BCUT2D eigenvalue weighted by atomic mass is 10.0. The number of hydrogen-bond donors (Lipinski definition) is 1. The Bertz CT molecular complexity index is 820. The van der Waals surface area contributed by atoms with Gasteiger partial charge in [-0.3, -0.25) is 9.59 Å². The number of aliphatic carboxylic acids is 1. The van der Waals surface area contributed by atoms with Gasteiger partial charge in [-0.05, 0) is 70.6 Å². The summed E-state index contributed by atoms with van der Waals surface area (Å²) in [6.07, 6.45) is 51.9. The van der Waals surface area contributed by atoms with Gasteiger partial charge in [-0.2, -0.15) is 0 Å². The van der Waals surface area contributed by atoms with Gasteiger partial charge < -0.3 is 9.84 Å². The highest BCUT2D eigenvalue weighted by Crippen LogP contribution is 2.16. The van der Waals surface area contributed by atoms with E-state index in [2.05, 4.69) is 74.6 Å². The van der Waals surface area contributed by atoms with Gasteiger partial charge in [-0.25, -0.2) is 0 Å². The minimum absolute atomic E-state index is 0.0350. The number of unbranched alkanes of at least 4 members (excludes halogenated alkanes) is 16. The standard InChI is InChI=1S/C42H72O4/c1-3-5-6-7-8-9-10-11-12-13-18-21-24-27-30-33-36-39-42(45)46-40(4-2)37-34-31-28-25-22-19-16-14-15-17-20-23-26-29-32-35-38-41(43)44/h5-6,8-9,11-12,18,21,27,30,40H,3-4,7,10,13-17,19-20,22-26,28-29,31-39H2,1-2H3,(H,43,44)/b6-5-,9-8-,12-11-,21-18-,30-27-. The van der Waals surface area contributed by atoms with E-state index in [4.69, 9.17) is 9.84 Å². The summed E-state index contributed by atoms with van der Waals surface area (Å²) >= 11 is 0. The summed E-state index contributed by atoms with van der Waals surface area (Å²) in [6.45, 7) is 4.28. The topological polar surface area (TPSA) is 63.6 Å². The Hall–Kier alpha value is -2.36. The minimum atomic E-state index is -0.667. The van der Waals surface area contributed by atoms with Crippen LogP contribution in [0.2, 0.25) is 0 Å². The van der Waals surface area contributed by atoms with Crippen molar-refractivity contribution in [1.29, 1.82) is 0 Å². The highest BCUT2D eigenvalue weighted by Gasteiger charge is 2.11. The number of esters is 1. The highest BCUT2D eigenvalue weighted by atomic mass is 16.5. The van der Waals surface area contributed by atoms with Crippen LogP contribution >= 0.6 is 0 Å². The molecule has 0 aliphatic carbocycles. The summed E-state index contributed by atoms with van der Waals surface area (Å²) in [5, 5.41) is 8.65. The lowest BCUT2D eigenvalue weighted by Crippen LogP contribution is -2.17. The Morgan fingerprint density at radius 3 is 1.30 bits per heavy atom. The maximum absolute atomic E-state index is 12.3. The van der Waals surface area contributed by atoms with Crippen LogP contribution in [0.15, 0.2) is 60.8 Å². The molecule has 0 heterocycles. The lowest BCUT2D eigenvalue weighted by Gasteiger charge is -2.16. The van der Waals surface area contributed by atoms with E-state index in [1.165, 1.54) is 83.5 Å². The molecule has 0 saturated heterocycles. The molecule has 1 unspecified atom stereocenters. The Balaban J connectivity index is 3.55. The fourth-order valence-electron chi connectivity index (χ4n) is 5.45. The average molecular weight is 641 g/mol. The minimum Gasteiger partial charge on any atom is -0.481 e. The van der Waals surface area contributed by atoms with Crippen molar-refractivity contribution < 1.29 is 19.4 Å². The molecule has 0 aromatic heterocycles. The normalized spacial score (nSPS) is 12.9. The molecule has 0 radical (unpaired) electrons. The number of rotatable bonds is 34. The van der Waals surface area contributed by atoms with E-state index in [-0.39, 0.29) is 12.1 Å². The molecule has 46 heavy (non-hydrogen) atoms. The first-order chi connectivity index (χ1) is 22.6. The van der Waals surface area contributed by atoms with E-state index in [9.17, 15) is 9.59 Å². The molecule has 0 saturated carbocycles. The number of allylic oxidation sites excluding steroid dienone is 10. The lowest BCUT2D eigenvalue weighted by molar-refractivity contribution is -0.149. The van der Waals surface area contributed by atoms with Crippen molar-refractivity contribution in [3.05, 3.63) is 60.8 Å². The zero-order valence-electron chi connectivity index (χ0n) is 30.1. The molecule has 0 spiro atoms. The third-order valence-electron chi connectivity index (χ3n) is 8.33. The fourth-order valence-corrected chi connectivity index (χ4v) is 5.45. The van der Waals surface area contributed by atoms with Crippen molar-refractivity contribution in [3.63, 3.8) is 0 Å². The molecule has 0 aliphatic heterocycles. The van der Waals surface area contributed by atoms with E-state index < -0.39 is 5.97 Å². The number of carbonyl (C=O) groups is 2. The maximum Gasteiger partial charge on any atom is 0.306 e. The largest absolute Gasteiger partial charge is 0.481 e. The summed E-state index contributed by atoms with van der Waals surface area (Å²) < 4.78 is 5.76. The molecule has 0 amide bonds. The summed E-state index contributed by atoms with van der Waals surface area (Å²) in [5.41, 5.74) is 0. The van der Waals surface area contributed by atoms with E-state index in [0.717, 1.165) is 77.0 Å². The number of carbonyl (C=O) groups excluding carboxylic acids is 1. The predicted molar refractivity (Wildman–Crippen MR) is 199 cm³/mol. The predicted octanol–water partition coefficient (Wildman–Crippen LogP) is 13.3. The van der Waals surface area contributed by atoms with Crippen LogP contribution in [0.1, 0.15) is 187 Å². The Morgan fingerprint density at radius 1 is 0.500 bits per heavy atom. The third-order valence-corrected chi connectivity index (χ3v) is 8.33. The molecule has 1 N–H and O–H groups in total. The van der Waals surface area contributed by atoms with Gasteiger partial charge in [0, 0.05) is 12.8 Å². The molecule has 264 valence electrons. The summed E-state index contributed by atoms with van der Waals surface area (Å²) in [4.78, 5) is 22.8. The third kappa shape index (κ3) is 36.1. The molecular formula is C42H72O4. The molecule has 0 aromatic carbocycles. The Labute approximate surface area is 284 Å². The molecule has 0 aromatic rings. The van der Waals surface area contributed by atoms with Gasteiger partial charge in [0.1, 0.15) is 6.10 Å². The van der Waals surface area contributed by atoms with Crippen LogP contribution in [-0.2, 0) is 14.3 Å². The van der Waals surface area contributed by atoms with Gasteiger partial charge in [-0.1, -0.05) is 164 Å². The zero-order valence-corrected chi connectivity index (χ0v) is 30.1. The monoisotopic (exact) mass is 641 g/mol. The Morgan fingerprint density at radius 2 is 0.891 bits per heavy atom. The second kappa shape index (κ2) is 37.1. The van der Waals surface area contributed by atoms with Gasteiger partial charge in [0.05, 0.1) is 0 Å². The molecule has 1 atom stereocenters. The number of carboxylic acids is 1. The van der Waals surface area contributed by atoms with Crippen LogP contribution in [0.3, 0.4) is 0 Å². The second-order valence-corrected chi connectivity index (χ2v) is 12.7. The summed E-state index contributed by atoms with van der Waals surface area (Å²) in [5.74, 6) is -0.702. The van der Waals surface area contributed by atoms with Crippen LogP contribution in [-0.4, -0.2) is 23.1 Å². The molecule has 4 heteroatoms. The van der Waals surface area contributed by atoms with Gasteiger partial charge in [0.2, 0.25) is 0 Å². The van der Waals surface area contributed by atoms with Crippen molar-refractivity contribution >= 4 is 11.9 Å². The fraction of sp³-hybridized carbons (Fsp3) is 0.714. The van der Waals surface area contributed by atoms with Crippen molar-refractivity contribution in [1.82, 2.24) is 0 Å². The van der Waals surface area contributed by atoms with E-state index in [1.807, 2.05) is 0 Å². The van der Waals surface area contributed by atoms with Crippen LogP contribution in [0.25, 0.3) is 0 Å². The van der Waals surface area contributed by atoms with Crippen molar-refractivity contribution in [2.45, 2.75) is 193 Å². The first-order valence-electron chi connectivity index (χ1n) is 19.3. The SMILES string of the molecule is CC/C=C\C/C=C\C/C=C\C/C=C\C/C=C\CCCC(=O)OC(CC)CCCCCCCCCCCCCCCCCCC(=O)O. The Kier molecular flexibility index (Phi) is 35.2. The zero-order chi connectivity index (χ0) is 33.6. The van der Waals surface area contributed by atoms with Gasteiger partial charge in [0.25, 0.3) is 0 Å². The van der Waals surface area contributed by atoms with E-state index in [0.29, 0.717) is 12.8 Å². The summed E-state index contributed by atoms with van der Waals surface area (Å²) in [7, 11) is 0.